The quantitative estimate of drug-likeness (QED) is 0.606. The fraction of sp³-hybridized carbons (Fsp3) is 0.133. The monoisotopic (exact) mass is 286 g/mol. The van der Waals surface area contributed by atoms with Gasteiger partial charge in [-0.3, -0.25) is 10.1 Å². The van der Waals surface area contributed by atoms with Gasteiger partial charge in [-0.2, -0.15) is 0 Å². The standard InChI is InChI=1S/C15H14N2O4/c18-15(19)12-7-5-11(6-8-12)9-16-10-13-3-1-2-4-14(13)17(20)21/h1-8,16H,9-10H2,(H,18,19). The maximum atomic E-state index is 10.9. The third-order valence-corrected chi connectivity index (χ3v) is 3.12. The van der Waals surface area contributed by atoms with Crippen LogP contribution >= 0.6 is 0 Å². The molecule has 0 amide bonds. The molecule has 0 aliphatic rings. The average molecular weight is 286 g/mol. The minimum Gasteiger partial charge on any atom is -0.545 e. The molecule has 2 aromatic rings. The van der Waals surface area contributed by atoms with Gasteiger partial charge < -0.3 is 15.2 Å². The molecule has 0 bridgehead atoms. The van der Waals surface area contributed by atoms with E-state index in [0.717, 1.165) is 5.56 Å². The van der Waals surface area contributed by atoms with Gasteiger partial charge in [-0.25, -0.2) is 0 Å². The van der Waals surface area contributed by atoms with Gasteiger partial charge in [-0.1, -0.05) is 36.4 Å². The molecule has 0 fully saturated rings. The highest BCUT2D eigenvalue weighted by Crippen LogP contribution is 2.16. The van der Waals surface area contributed by atoms with Crippen molar-refractivity contribution in [1.82, 2.24) is 0 Å². The van der Waals surface area contributed by atoms with Crippen molar-refractivity contribution >= 4 is 11.7 Å². The molecule has 108 valence electrons. The van der Waals surface area contributed by atoms with E-state index in [0.29, 0.717) is 18.7 Å². The van der Waals surface area contributed by atoms with Gasteiger partial charge in [-0.05, 0) is 11.6 Å². The van der Waals surface area contributed by atoms with Crippen LogP contribution in [0.1, 0.15) is 21.5 Å². The predicted octanol–water partition coefficient (Wildman–Crippen LogP) is 0.222. The zero-order valence-electron chi connectivity index (χ0n) is 11.2. The molecule has 6 heteroatoms. The largest absolute Gasteiger partial charge is 0.545 e. The molecule has 0 aliphatic carbocycles. The van der Waals surface area contributed by atoms with Crippen molar-refractivity contribution in [2.24, 2.45) is 0 Å². The Hall–Kier alpha value is -2.73. The van der Waals surface area contributed by atoms with Gasteiger partial charge in [0, 0.05) is 11.6 Å². The maximum Gasteiger partial charge on any atom is 0.278 e. The highest BCUT2D eigenvalue weighted by molar-refractivity contribution is 5.85. The predicted molar refractivity (Wildman–Crippen MR) is 73.2 cm³/mol. The summed E-state index contributed by atoms with van der Waals surface area (Å²) in [7, 11) is 0. The lowest BCUT2D eigenvalue weighted by molar-refractivity contribution is -0.686. The summed E-state index contributed by atoms with van der Waals surface area (Å²) in [6.45, 7) is 1.10. The van der Waals surface area contributed by atoms with Gasteiger partial charge in [0.25, 0.3) is 5.69 Å². The summed E-state index contributed by atoms with van der Waals surface area (Å²) in [5, 5.41) is 23.4. The number of hydrogen-bond donors (Lipinski definition) is 1. The number of carboxylic acids is 1. The number of nitro groups is 1. The SMILES string of the molecule is O=C([O-])c1ccc(C[NH2+]Cc2ccccc2[N+](=O)[O-])cc1. The molecule has 21 heavy (non-hydrogen) atoms. The van der Waals surface area contributed by atoms with Crippen molar-refractivity contribution in [2.45, 2.75) is 13.1 Å². The Morgan fingerprint density at radius 3 is 2.33 bits per heavy atom. The molecule has 2 aromatic carbocycles. The number of rotatable bonds is 6. The Balaban J connectivity index is 1.95. The maximum absolute atomic E-state index is 10.9. The van der Waals surface area contributed by atoms with Crippen LogP contribution in [0.2, 0.25) is 0 Å². The molecule has 2 N–H and O–H groups in total. The summed E-state index contributed by atoms with van der Waals surface area (Å²) in [5.74, 6) is -1.20. The third-order valence-electron chi connectivity index (χ3n) is 3.12. The van der Waals surface area contributed by atoms with Gasteiger partial charge in [0.2, 0.25) is 0 Å². The molecule has 0 heterocycles. The molecule has 0 aromatic heterocycles. The number of hydrogen-bond acceptors (Lipinski definition) is 4. The number of carbonyl (C=O) groups is 1. The number of carbonyl (C=O) groups excluding carboxylic acids is 1. The first-order valence-electron chi connectivity index (χ1n) is 6.42. The number of para-hydroxylation sites is 1. The molecule has 0 radical (unpaired) electrons. The lowest BCUT2D eigenvalue weighted by atomic mass is 10.1. The second kappa shape index (κ2) is 6.62. The molecule has 0 spiro atoms. The van der Waals surface area contributed by atoms with Crippen LogP contribution in [0, 0.1) is 10.1 Å². The number of nitrogens with two attached hydrogens (primary N) is 1. The van der Waals surface area contributed by atoms with Gasteiger partial charge >= 0.3 is 0 Å². The normalized spacial score (nSPS) is 10.3. The fourth-order valence-electron chi connectivity index (χ4n) is 2.03. The second-order valence-electron chi connectivity index (χ2n) is 4.57. The van der Waals surface area contributed by atoms with E-state index >= 15 is 0 Å². The Labute approximate surface area is 121 Å². The number of nitro benzene ring substituents is 1. The topological polar surface area (TPSA) is 99.9 Å². The second-order valence-corrected chi connectivity index (χ2v) is 4.57. The Kier molecular flexibility index (Phi) is 4.63. The Morgan fingerprint density at radius 1 is 1.05 bits per heavy atom. The molecule has 6 nitrogen and oxygen atoms in total. The van der Waals surface area contributed by atoms with E-state index in [1.807, 2.05) is 5.32 Å². The molecule has 0 unspecified atom stereocenters. The fourth-order valence-corrected chi connectivity index (χ4v) is 2.03. The molecule has 0 aliphatic heterocycles. The van der Waals surface area contributed by atoms with Gasteiger partial charge in [0.1, 0.15) is 13.1 Å². The molecular weight excluding hydrogens is 272 g/mol. The van der Waals surface area contributed by atoms with E-state index in [2.05, 4.69) is 0 Å². The lowest BCUT2D eigenvalue weighted by Gasteiger charge is -2.05. The number of benzene rings is 2. The average Bonchev–Trinajstić information content (AvgIpc) is 2.48. The van der Waals surface area contributed by atoms with Crippen molar-refractivity contribution in [3.63, 3.8) is 0 Å². The van der Waals surface area contributed by atoms with Crippen LogP contribution in [0.3, 0.4) is 0 Å². The summed E-state index contributed by atoms with van der Waals surface area (Å²) < 4.78 is 0. The summed E-state index contributed by atoms with van der Waals surface area (Å²) in [6, 6.07) is 13.0. The van der Waals surface area contributed by atoms with E-state index in [-0.39, 0.29) is 11.3 Å². The van der Waals surface area contributed by atoms with E-state index in [1.165, 1.54) is 18.2 Å². The summed E-state index contributed by atoms with van der Waals surface area (Å²) >= 11 is 0. The van der Waals surface area contributed by atoms with Gasteiger partial charge in [-0.15, -0.1) is 0 Å². The molecular formula is C15H14N2O4. The first-order chi connectivity index (χ1) is 10.1. The molecule has 2 rings (SSSR count). The van der Waals surface area contributed by atoms with Crippen molar-refractivity contribution in [2.75, 3.05) is 0 Å². The zero-order chi connectivity index (χ0) is 15.2. The van der Waals surface area contributed by atoms with E-state index in [4.69, 9.17) is 0 Å². The van der Waals surface area contributed by atoms with Gasteiger partial charge in [0.05, 0.1) is 16.5 Å². The molecule has 0 saturated carbocycles. The Morgan fingerprint density at radius 2 is 1.71 bits per heavy atom. The van der Waals surface area contributed by atoms with Crippen molar-refractivity contribution < 1.29 is 20.1 Å². The minimum absolute atomic E-state index is 0.112. The first-order valence-corrected chi connectivity index (χ1v) is 6.42. The van der Waals surface area contributed by atoms with Crippen LogP contribution in [-0.4, -0.2) is 10.9 Å². The molecule has 0 saturated heterocycles. The highest BCUT2D eigenvalue weighted by Gasteiger charge is 2.13. The van der Waals surface area contributed by atoms with E-state index < -0.39 is 10.9 Å². The summed E-state index contributed by atoms with van der Waals surface area (Å²) in [4.78, 5) is 21.1. The number of quaternary nitrogens is 1. The van der Waals surface area contributed by atoms with E-state index in [1.54, 1.807) is 30.3 Å². The van der Waals surface area contributed by atoms with Crippen LogP contribution in [0.5, 0.6) is 0 Å². The number of aromatic carboxylic acids is 1. The van der Waals surface area contributed by atoms with Crippen LogP contribution in [-0.2, 0) is 13.1 Å². The van der Waals surface area contributed by atoms with Crippen molar-refractivity contribution in [3.05, 3.63) is 75.3 Å². The Bertz CT molecular complexity index is 653. The summed E-state index contributed by atoms with van der Waals surface area (Å²) in [6.07, 6.45) is 0. The minimum atomic E-state index is -1.20. The van der Waals surface area contributed by atoms with E-state index in [9.17, 15) is 20.0 Å². The smallest absolute Gasteiger partial charge is 0.278 e. The third kappa shape index (κ3) is 3.87. The summed E-state index contributed by atoms with van der Waals surface area (Å²) in [5.41, 5.74) is 1.85. The first kappa shape index (κ1) is 14.7. The van der Waals surface area contributed by atoms with Crippen LogP contribution in [0.25, 0.3) is 0 Å². The number of nitrogens with zero attached hydrogens (tertiary/aromatic N) is 1. The van der Waals surface area contributed by atoms with Crippen LogP contribution in [0.15, 0.2) is 48.5 Å². The van der Waals surface area contributed by atoms with Gasteiger partial charge in [0.15, 0.2) is 0 Å². The lowest BCUT2D eigenvalue weighted by Crippen LogP contribution is -2.80. The van der Waals surface area contributed by atoms with Crippen molar-refractivity contribution in [1.29, 1.82) is 0 Å². The van der Waals surface area contributed by atoms with Crippen LogP contribution in [0.4, 0.5) is 5.69 Å². The van der Waals surface area contributed by atoms with Crippen LogP contribution < -0.4 is 10.4 Å². The highest BCUT2D eigenvalue weighted by atomic mass is 16.6. The molecule has 0 atom stereocenters. The zero-order valence-corrected chi connectivity index (χ0v) is 11.2. The number of carboxylic acid groups (broad SMARTS) is 1. The van der Waals surface area contributed by atoms with Crippen molar-refractivity contribution in [3.8, 4) is 0 Å².